The van der Waals surface area contributed by atoms with Crippen molar-refractivity contribution in [3.05, 3.63) is 7.05 Å². The summed E-state index contributed by atoms with van der Waals surface area (Å²) in [5, 5.41) is 0. The van der Waals surface area contributed by atoms with Crippen molar-refractivity contribution < 1.29 is 0 Å². The lowest BCUT2D eigenvalue weighted by atomic mass is 10.0. The fraction of sp³-hybridized carbons (Fsp3) is 0.889. The fourth-order valence-electron chi connectivity index (χ4n) is 1.62. The SMILES string of the molecule is [CH2]N1CCC(N(C)CC)CC1. The first-order chi connectivity index (χ1) is 5.24. The molecule has 0 atom stereocenters. The van der Waals surface area contributed by atoms with Crippen LogP contribution in [0.25, 0.3) is 0 Å². The molecule has 0 aliphatic carbocycles. The lowest BCUT2D eigenvalue weighted by Crippen LogP contribution is -2.41. The molecule has 1 rings (SSSR count). The maximum atomic E-state index is 3.93. The van der Waals surface area contributed by atoms with Gasteiger partial charge in [-0.25, -0.2) is 0 Å². The predicted molar refractivity (Wildman–Crippen MR) is 48.3 cm³/mol. The molecule has 1 aliphatic heterocycles. The number of likely N-dealkylation sites (tertiary alicyclic amines) is 1. The van der Waals surface area contributed by atoms with Gasteiger partial charge in [0.05, 0.1) is 0 Å². The van der Waals surface area contributed by atoms with Crippen LogP contribution in [0.15, 0.2) is 0 Å². The Morgan fingerprint density at radius 3 is 2.45 bits per heavy atom. The molecule has 0 unspecified atom stereocenters. The van der Waals surface area contributed by atoms with Crippen molar-refractivity contribution in [2.24, 2.45) is 0 Å². The van der Waals surface area contributed by atoms with Crippen LogP contribution < -0.4 is 0 Å². The number of hydrogen-bond acceptors (Lipinski definition) is 2. The van der Waals surface area contributed by atoms with Crippen molar-refractivity contribution in [3.8, 4) is 0 Å². The zero-order valence-electron chi connectivity index (χ0n) is 7.71. The summed E-state index contributed by atoms with van der Waals surface area (Å²) in [6.45, 7) is 5.71. The Morgan fingerprint density at radius 1 is 1.45 bits per heavy atom. The second-order valence-electron chi connectivity index (χ2n) is 3.42. The summed E-state index contributed by atoms with van der Waals surface area (Å²) >= 11 is 0. The first-order valence-electron chi connectivity index (χ1n) is 4.49. The van der Waals surface area contributed by atoms with Crippen LogP contribution in [0.1, 0.15) is 19.8 Å². The Hall–Kier alpha value is -0.0800. The molecule has 0 N–H and O–H groups in total. The molecular formula is C9H19N2. The molecule has 2 nitrogen and oxygen atoms in total. The van der Waals surface area contributed by atoms with E-state index in [0.29, 0.717) is 0 Å². The lowest BCUT2D eigenvalue weighted by molar-refractivity contribution is 0.159. The third kappa shape index (κ3) is 2.46. The second kappa shape index (κ2) is 4.07. The summed E-state index contributed by atoms with van der Waals surface area (Å²) in [6, 6.07) is 0.804. The van der Waals surface area contributed by atoms with Crippen molar-refractivity contribution >= 4 is 0 Å². The molecule has 1 saturated heterocycles. The zero-order valence-corrected chi connectivity index (χ0v) is 7.71. The quantitative estimate of drug-likeness (QED) is 0.591. The van der Waals surface area contributed by atoms with E-state index in [9.17, 15) is 0 Å². The minimum Gasteiger partial charge on any atom is -0.304 e. The van der Waals surface area contributed by atoms with Crippen molar-refractivity contribution in [3.63, 3.8) is 0 Å². The van der Waals surface area contributed by atoms with Gasteiger partial charge < -0.3 is 9.80 Å². The minimum absolute atomic E-state index is 0.804. The summed E-state index contributed by atoms with van der Waals surface area (Å²) in [5.74, 6) is 0. The molecule has 0 aromatic carbocycles. The standard InChI is InChI=1S/C9H19N2/c1-4-11(3)9-5-7-10(2)8-6-9/h9H,2,4-8H2,1,3H3. The lowest BCUT2D eigenvalue weighted by Gasteiger charge is -2.34. The van der Waals surface area contributed by atoms with Crippen molar-refractivity contribution in [1.82, 2.24) is 9.80 Å². The highest BCUT2D eigenvalue weighted by molar-refractivity contribution is 4.77. The summed E-state index contributed by atoms with van der Waals surface area (Å²) < 4.78 is 0. The molecule has 0 aromatic rings. The molecule has 0 aromatic heterocycles. The predicted octanol–water partition coefficient (Wildman–Crippen LogP) is 1.19. The van der Waals surface area contributed by atoms with E-state index in [0.717, 1.165) is 19.1 Å². The summed E-state index contributed by atoms with van der Waals surface area (Å²) in [5.41, 5.74) is 0. The highest BCUT2D eigenvalue weighted by Crippen LogP contribution is 2.13. The number of nitrogens with zero attached hydrogens (tertiary/aromatic N) is 2. The maximum Gasteiger partial charge on any atom is 0.0116 e. The molecule has 1 heterocycles. The third-order valence-electron chi connectivity index (χ3n) is 2.68. The second-order valence-corrected chi connectivity index (χ2v) is 3.42. The number of rotatable bonds is 2. The summed E-state index contributed by atoms with van der Waals surface area (Å²) in [7, 11) is 6.14. The molecule has 2 heteroatoms. The van der Waals surface area contributed by atoms with E-state index in [1.807, 2.05) is 0 Å². The molecule has 65 valence electrons. The summed E-state index contributed by atoms with van der Waals surface area (Å²) in [6.07, 6.45) is 2.57. The van der Waals surface area contributed by atoms with Crippen LogP contribution in [0, 0.1) is 7.05 Å². The Labute approximate surface area is 70.2 Å². The molecule has 0 bridgehead atoms. The van der Waals surface area contributed by atoms with Crippen LogP contribution in [-0.4, -0.2) is 42.5 Å². The van der Waals surface area contributed by atoms with Crippen LogP contribution in [0.3, 0.4) is 0 Å². The third-order valence-corrected chi connectivity index (χ3v) is 2.68. The van der Waals surface area contributed by atoms with E-state index >= 15 is 0 Å². The molecule has 0 amide bonds. The fourth-order valence-corrected chi connectivity index (χ4v) is 1.62. The molecule has 0 spiro atoms. The van der Waals surface area contributed by atoms with Gasteiger partial charge in [-0.3, -0.25) is 0 Å². The highest BCUT2D eigenvalue weighted by Gasteiger charge is 2.18. The molecular weight excluding hydrogens is 136 g/mol. The van der Waals surface area contributed by atoms with Gasteiger partial charge in [0.1, 0.15) is 0 Å². The molecule has 11 heavy (non-hydrogen) atoms. The Kier molecular flexibility index (Phi) is 3.34. The van der Waals surface area contributed by atoms with Gasteiger partial charge in [0.15, 0.2) is 0 Å². The molecule has 1 aliphatic rings. The first-order valence-corrected chi connectivity index (χ1v) is 4.49. The summed E-state index contributed by atoms with van der Waals surface area (Å²) in [4.78, 5) is 4.60. The maximum absolute atomic E-state index is 3.93. The average Bonchev–Trinajstić information content (AvgIpc) is 2.05. The van der Waals surface area contributed by atoms with Crippen molar-refractivity contribution in [1.29, 1.82) is 0 Å². The molecule has 1 fully saturated rings. The van der Waals surface area contributed by atoms with Crippen LogP contribution in [0.2, 0.25) is 0 Å². The number of piperidine rings is 1. The van der Waals surface area contributed by atoms with E-state index < -0.39 is 0 Å². The molecule has 1 radical (unpaired) electrons. The largest absolute Gasteiger partial charge is 0.304 e. The van der Waals surface area contributed by atoms with E-state index in [-0.39, 0.29) is 0 Å². The van der Waals surface area contributed by atoms with Gasteiger partial charge in [-0.15, -0.1) is 0 Å². The zero-order chi connectivity index (χ0) is 8.27. The highest BCUT2D eigenvalue weighted by atomic mass is 15.2. The monoisotopic (exact) mass is 155 g/mol. The van der Waals surface area contributed by atoms with Crippen molar-refractivity contribution in [2.75, 3.05) is 26.7 Å². The molecule has 0 saturated carbocycles. The van der Waals surface area contributed by atoms with Crippen molar-refractivity contribution in [2.45, 2.75) is 25.8 Å². The van der Waals surface area contributed by atoms with Gasteiger partial charge in [-0.05, 0) is 39.5 Å². The van der Waals surface area contributed by atoms with Gasteiger partial charge in [0.2, 0.25) is 0 Å². The van der Waals surface area contributed by atoms with E-state index in [4.69, 9.17) is 0 Å². The van der Waals surface area contributed by atoms with Gasteiger partial charge in [0.25, 0.3) is 0 Å². The van der Waals surface area contributed by atoms with E-state index in [1.165, 1.54) is 19.4 Å². The van der Waals surface area contributed by atoms with Crippen LogP contribution >= 0.6 is 0 Å². The van der Waals surface area contributed by atoms with Crippen LogP contribution in [-0.2, 0) is 0 Å². The van der Waals surface area contributed by atoms with Crippen LogP contribution in [0.4, 0.5) is 0 Å². The van der Waals surface area contributed by atoms with Gasteiger partial charge in [-0.2, -0.15) is 0 Å². The van der Waals surface area contributed by atoms with Gasteiger partial charge >= 0.3 is 0 Å². The van der Waals surface area contributed by atoms with Gasteiger partial charge in [-0.1, -0.05) is 6.92 Å². The average molecular weight is 155 g/mol. The number of hydrogen-bond donors (Lipinski definition) is 0. The normalized spacial score (nSPS) is 22.9. The minimum atomic E-state index is 0.804. The van der Waals surface area contributed by atoms with E-state index in [2.05, 4.69) is 30.8 Å². The Balaban J connectivity index is 2.27. The first kappa shape index (κ1) is 9.01. The van der Waals surface area contributed by atoms with Crippen LogP contribution in [0.5, 0.6) is 0 Å². The smallest absolute Gasteiger partial charge is 0.0116 e. The van der Waals surface area contributed by atoms with Gasteiger partial charge in [0, 0.05) is 13.1 Å². The topological polar surface area (TPSA) is 6.48 Å². The van der Waals surface area contributed by atoms with E-state index in [1.54, 1.807) is 0 Å². The Bertz CT molecular complexity index is 106. The Morgan fingerprint density at radius 2 is 2.00 bits per heavy atom.